The van der Waals surface area contributed by atoms with Gasteiger partial charge in [-0.2, -0.15) is 0 Å². The summed E-state index contributed by atoms with van der Waals surface area (Å²) < 4.78 is 16.9. The van der Waals surface area contributed by atoms with Crippen molar-refractivity contribution in [3.8, 4) is 0 Å². The summed E-state index contributed by atoms with van der Waals surface area (Å²) in [4.78, 5) is 14.6. The van der Waals surface area contributed by atoms with Crippen LogP contribution < -0.4 is 0 Å². The molecule has 4 rings (SSSR count). The highest BCUT2D eigenvalue weighted by Gasteiger charge is 2.51. The molecule has 1 unspecified atom stereocenters. The molecule has 1 amide bonds. The number of amides is 1. The van der Waals surface area contributed by atoms with Crippen LogP contribution in [-0.2, 0) is 9.47 Å². The fourth-order valence-corrected chi connectivity index (χ4v) is 5.61. The van der Waals surface area contributed by atoms with E-state index in [0.717, 1.165) is 57.9 Å². The zero-order valence-corrected chi connectivity index (χ0v) is 15.8. The molecule has 0 radical (unpaired) electrons. The predicted molar refractivity (Wildman–Crippen MR) is 95.0 cm³/mol. The molecule has 0 aromatic carbocycles. The Morgan fingerprint density at radius 2 is 2.12 bits per heavy atom. The molecule has 1 aromatic rings. The summed E-state index contributed by atoms with van der Waals surface area (Å²) in [5.74, 6) is 2.35. The molecule has 3 saturated heterocycles. The van der Waals surface area contributed by atoms with Crippen LogP contribution >= 0.6 is 11.8 Å². The van der Waals surface area contributed by atoms with Crippen LogP contribution in [0.1, 0.15) is 41.1 Å². The maximum atomic E-state index is 12.7. The minimum atomic E-state index is 0.0500. The van der Waals surface area contributed by atoms with E-state index in [1.165, 1.54) is 0 Å². The molecule has 1 atom stereocenters. The van der Waals surface area contributed by atoms with Crippen molar-refractivity contribution in [1.29, 1.82) is 0 Å². The Labute approximate surface area is 152 Å². The molecule has 7 heteroatoms. The summed E-state index contributed by atoms with van der Waals surface area (Å²) in [7, 11) is 0. The van der Waals surface area contributed by atoms with Crippen LogP contribution in [0.5, 0.6) is 0 Å². The highest BCUT2D eigenvalue weighted by atomic mass is 32.2. The van der Waals surface area contributed by atoms with E-state index in [1.807, 2.05) is 23.6 Å². The smallest absolute Gasteiger partial charge is 0.259 e. The second-order valence-electron chi connectivity index (χ2n) is 7.57. The lowest BCUT2D eigenvalue weighted by atomic mass is 9.92. The number of aryl methyl sites for hydroxylation is 2. The maximum absolute atomic E-state index is 12.7. The third-order valence-electron chi connectivity index (χ3n) is 5.58. The summed E-state index contributed by atoms with van der Waals surface area (Å²) in [6.45, 7) is 7.82. The van der Waals surface area contributed by atoms with E-state index in [0.29, 0.717) is 29.0 Å². The van der Waals surface area contributed by atoms with Gasteiger partial charge >= 0.3 is 0 Å². The van der Waals surface area contributed by atoms with Gasteiger partial charge in [0.2, 0.25) is 0 Å². The van der Waals surface area contributed by atoms with E-state index in [2.05, 4.69) is 5.16 Å². The molecule has 4 heterocycles. The van der Waals surface area contributed by atoms with Crippen molar-refractivity contribution in [2.24, 2.45) is 5.92 Å². The zero-order chi connectivity index (χ0) is 17.4. The molecule has 1 spiro atoms. The highest BCUT2D eigenvalue weighted by Crippen LogP contribution is 2.46. The van der Waals surface area contributed by atoms with E-state index in [9.17, 15) is 4.79 Å². The summed E-state index contributed by atoms with van der Waals surface area (Å²) in [6.07, 6.45) is 3.60. The van der Waals surface area contributed by atoms with Gasteiger partial charge in [-0.15, -0.1) is 11.8 Å². The van der Waals surface area contributed by atoms with Crippen LogP contribution in [0.4, 0.5) is 0 Å². The molecule has 0 aliphatic carbocycles. The average molecular weight is 366 g/mol. The first-order chi connectivity index (χ1) is 12.1. The van der Waals surface area contributed by atoms with Gasteiger partial charge in [0.05, 0.1) is 16.5 Å². The van der Waals surface area contributed by atoms with Crippen LogP contribution in [0.3, 0.4) is 0 Å². The number of rotatable bonds is 4. The number of hydrogen-bond acceptors (Lipinski definition) is 6. The largest absolute Gasteiger partial charge is 0.381 e. The molecular weight excluding hydrogens is 340 g/mol. The van der Waals surface area contributed by atoms with Gasteiger partial charge < -0.3 is 18.9 Å². The number of carbonyl (C=O) groups is 1. The number of hydrogen-bond donors (Lipinski definition) is 0. The second kappa shape index (κ2) is 6.93. The van der Waals surface area contributed by atoms with Crippen LogP contribution in [0.15, 0.2) is 4.52 Å². The van der Waals surface area contributed by atoms with Gasteiger partial charge in [-0.05, 0) is 39.0 Å². The van der Waals surface area contributed by atoms with E-state index in [4.69, 9.17) is 14.0 Å². The van der Waals surface area contributed by atoms with Gasteiger partial charge in [0.15, 0.2) is 0 Å². The third kappa shape index (κ3) is 3.46. The van der Waals surface area contributed by atoms with Crippen molar-refractivity contribution in [3.63, 3.8) is 0 Å². The van der Waals surface area contributed by atoms with Crippen LogP contribution in [0, 0.1) is 19.8 Å². The van der Waals surface area contributed by atoms with Gasteiger partial charge in [-0.1, -0.05) is 5.16 Å². The number of thioether (sulfide) groups is 1. The Bertz CT molecular complexity index is 616. The first kappa shape index (κ1) is 17.4. The summed E-state index contributed by atoms with van der Waals surface area (Å²) in [6, 6.07) is 0. The fourth-order valence-electron chi connectivity index (χ4n) is 4.05. The van der Waals surface area contributed by atoms with Gasteiger partial charge in [0.1, 0.15) is 11.3 Å². The van der Waals surface area contributed by atoms with Gasteiger partial charge in [0.25, 0.3) is 5.91 Å². The van der Waals surface area contributed by atoms with Gasteiger partial charge in [-0.3, -0.25) is 4.79 Å². The topological polar surface area (TPSA) is 64.8 Å². The molecule has 0 saturated carbocycles. The lowest BCUT2D eigenvalue weighted by molar-refractivity contribution is -0.0118. The number of nitrogens with zero attached hydrogens (tertiary/aromatic N) is 2. The Hall–Kier alpha value is -1.05. The minimum absolute atomic E-state index is 0.0500. The fraction of sp³-hybridized carbons (Fsp3) is 0.778. The van der Waals surface area contributed by atoms with Crippen molar-refractivity contribution < 1.29 is 18.8 Å². The van der Waals surface area contributed by atoms with Crippen LogP contribution in [-0.4, -0.2) is 65.5 Å². The molecule has 1 aromatic heterocycles. The average Bonchev–Trinajstić information content (AvgIpc) is 3.16. The quantitative estimate of drug-likeness (QED) is 0.815. The lowest BCUT2D eigenvalue weighted by Gasteiger charge is -2.47. The first-order valence-electron chi connectivity index (χ1n) is 9.12. The highest BCUT2D eigenvalue weighted by molar-refractivity contribution is 8.01. The Morgan fingerprint density at radius 3 is 2.80 bits per heavy atom. The second-order valence-corrected chi connectivity index (χ2v) is 9.06. The van der Waals surface area contributed by atoms with Crippen molar-refractivity contribution >= 4 is 17.7 Å². The molecule has 3 aliphatic rings. The van der Waals surface area contributed by atoms with Crippen molar-refractivity contribution in [3.05, 3.63) is 17.0 Å². The molecule has 25 heavy (non-hydrogen) atoms. The van der Waals surface area contributed by atoms with Gasteiger partial charge in [-0.25, -0.2) is 0 Å². The molecule has 3 aliphatic heterocycles. The number of aromatic nitrogens is 1. The number of likely N-dealkylation sites (tertiary alicyclic amines) is 1. The summed E-state index contributed by atoms with van der Waals surface area (Å²) >= 11 is 1.97. The first-order valence-corrected chi connectivity index (χ1v) is 10.1. The minimum Gasteiger partial charge on any atom is -0.381 e. The normalized spacial score (nSPS) is 26.2. The van der Waals surface area contributed by atoms with E-state index in [-0.39, 0.29) is 10.7 Å². The van der Waals surface area contributed by atoms with E-state index >= 15 is 0 Å². The van der Waals surface area contributed by atoms with Crippen LogP contribution in [0.2, 0.25) is 0 Å². The SMILES string of the molecule is Cc1noc(C)c1C(=O)N1CC2(CC(OCC3CCOCC3)CS2)C1. The summed E-state index contributed by atoms with van der Waals surface area (Å²) in [5, 5.41) is 3.89. The zero-order valence-electron chi connectivity index (χ0n) is 15.0. The third-order valence-corrected chi connectivity index (χ3v) is 7.15. The van der Waals surface area contributed by atoms with E-state index < -0.39 is 0 Å². The molecular formula is C18H26N2O4S. The molecule has 138 valence electrons. The lowest BCUT2D eigenvalue weighted by Crippen LogP contribution is -2.60. The number of ether oxygens (including phenoxy) is 2. The molecule has 0 bridgehead atoms. The monoisotopic (exact) mass is 366 g/mol. The Kier molecular flexibility index (Phi) is 4.81. The Morgan fingerprint density at radius 1 is 1.36 bits per heavy atom. The van der Waals surface area contributed by atoms with Crippen molar-refractivity contribution in [1.82, 2.24) is 10.1 Å². The van der Waals surface area contributed by atoms with Crippen molar-refractivity contribution in [2.45, 2.75) is 44.0 Å². The Balaban J connectivity index is 1.26. The standard InChI is InChI=1S/C18H26N2O4S/c1-12-16(13(2)24-19-12)17(21)20-10-18(11-20)7-15(9-25-18)23-8-14-3-5-22-6-4-14/h14-15H,3-11H2,1-2H3. The number of carbonyl (C=O) groups excluding carboxylic acids is 1. The summed E-state index contributed by atoms with van der Waals surface area (Å²) in [5.41, 5.74) is 1.31. The predicted octanol–water partition coefficient (Wildman–Crippen LogP) is 2.43. The maximum Gasteiger partial charge on any atom is 0.259 e. The van der Waals surface area contributed by atoms with E-state index in [1.54, 1.807) is 6.92 Å². The van der Waals surface area contributed by atoms with Crippen LogP contribution in [0.25, 0.3) is 0 Å². The molecule has 6 nitrogen and oxygen atoms in total. The molecule has 3 fully saturated rings. The van der Waals surface area contributed by atoms with Crippen molar-refractivity contribution in [2.75, 3.05) is 38.7 Å². The van der Waals surface area contributed by atoms with Gasteiger partial charge in [0, 0.05) is 38.7 Å². The molecule has 0 N–H and O–H groups in total.